The van der Waals surface area contributed by atoms with Crippen LogP contribution in [0.15, 0.2) is 42.6 Å². The van der Waals surface area contributed by atoms with Crippen LogP contribution in [0.5, 0.6) is 11.5 Å². The minimum Gasteiger partial charge on any atom is -0.508 e. The average Bonchev–Trinajstić information content (AvgIpc) is 2.80. The number of fused-ring (bicyclic) bond motifs is 1. The Morgan fingerprint density at radius 2 is 1.95 bits per heavy atom. The molecule has 3 N–H and O–H groups in total. The quantitative estimate of drug-likeness (QED) is 0.743. The second-order valence-electron chi connectivity index (χ2n) is 4.08. The number of phenols is 1. The van der Waals surface area contributed by atoms with Crippen molar-refractivity contribution in [3.8, 4) is 11.5 Å². The predicted molar refractivity (Wildman–Crippen MR) is 69.8 cm³/mol. The number of phenolic OH excluding ortho intramolecular Hbond substituents is 1. The average molecular weight is 256 g/mol. The highest BCUT2D eigenvalue weighted by Gasteiger charge is 2.04. The Balaban J connectivity index is 1.76. The summed E-state index contributed by atoms with van der Waals surface area (Å²) < 4.78 is 7.14. The minimum absolute atomic E-state index is 0.202. The summed E-state index contributed by atoms with van der Waals surface area (Å²) in [6, 6.07) is 10.1. The molecule has 0 unspecified atom stereocenters. The van der Waals surface area contributed by atoms with Crippen molar-refractivity contribution in [2.75, 3.05) is 5.73 Å². The fraction of sp³-hybridized carbons (Fsp3) is 0.0769. The SMILES string of the molecule is Nc1ccc2nc(COc3ccc(O)cc3)nn2c1. The molecule has 3 aromatic rings. The van der Waals surface area contributed by atoms with E-state index in [0.29, 0.717) is 17.3 Å². The maximum atomic E-state index is 9.17. The van der Waals surface area contributed by atoms with Gasteiger partial charge in [-0.25, -0.2) is 9.50 Å². The van der Waals surface area contributed by atoms with Gasteiger partial charge in [0.1, 0.15) is 18.1 Å². The monoisotopic (exact) mass is 256 g/mol. The third-order valence-electron chi connectivity index (χ3n) is 2.60. The molecule has 6 heteroatoms. The van der Waals surface area contributed by atoms with Crippen LogP contribution in [0, 0.1) is 0 Å². The van der Waals surface area contributed by atoms with Crippen molar-refractivity contribution in [2.45, 2.75) is 6.61 Å². The van der Waals surface area contributed by atoms with Crippen LogP contribution >= 0.6 is 0 Å². The number of nitrogen functional groups attached to an aromatic ring is 1. The summed E-state index contributed by atoms with van der Waals surface area (Å²) in [6.45, 7) is 0.256. The van der Waals surface area contributed by atoms with Crippen LogP contribution in [-0.2, 0) is 6.61 Å². The smallest absolute Gasteiger partial charge is 0.189 e. The van der Waals surface area contributed by atoms with Gasteiger partial charge in [-0.3, -0.25) is 0 Å². The first kappa shape index (κ1) is 11.3. The summed E-state index contributed by atoms with van der Waals surface area (Å²) in [4.78, 5) is 4.31. The topological polar surface area (TPSA) is 85.7 Å². The largest absolute Gasteiger partial charge is 0.508 e. The Bertz CT molecular complexity index is 706. The van der Waals surface area contributed by atoms with Gasteiger partial charge in [0.05, 0.1) is 11.9 Å². The third-order valence-corrected chi connectivity index (χ3v) is 2.60. The first-order chi connectivity index (χ1) is 9.20. The standard InChI is InChI=1S/C13H12N4O2/c14-9-1-6-13-15-12(16-17(13)7-9)8-19-11-4-2-10(18)3-5-11/h1-7,18H,8,14H2. The van der Waals surface area contributed by atoms with Crippen molar-refractivity contribution >= 4 is 11.3 Å². The molecule has 0 radical (unpaired) electrons. The highest BCUT2D eigenvalue weighted by Crippen LogP contribution is 2.17. The van der Waals surface area contributed by atoms with E-state index in [9.17, 15) is 0 Å². The van der Waals surface area contributed by atoms with E-state index < -0.39 is 0 Å². The number of nitrogens with zero attached hydrogens (tertiary/aromatic N) is 3. The summed E-state index contributed by atoms with van der Waals surface area (Å²) in [5.74, 6) is 1.42. The van der Waals surface area contributed by atoms with E-state index in [0.717, 1.165) is 5.65 Å². The highest BCUT2D eigenvalue weighted by atomic mass is 16.5. The zero-order valence-corrected chi connectivity index (χ0v) is 10.0. The van der Waals surface area contributed by atoms with Gasteiger partial charge in [-0.2, -0.15) is 0 Å². The van der Waals surface area contributed by atoms with Crippen LogP contribution in [0.4, 0.5) is 5.69 Å². The lowest BCUT2D eigenvalue weighted by Gasteiger charge is -2.02. The molecule has 0 aliphatic carbocycles. The van der Waals surface area contributed by atoms with Crippen molar-refractivity contribution in [1.82, 2.24) is 14.6 Å². The summed E-state index contributed by atoms with van der Waals surface area (Å²) in [5, 5.41) is 13.4. The van der Waals surface area contributed by atoms with Gasteiger partial charge in [-0.05, 0) is 36.4 Å². The Morgan fingerprint density at radius 1 is 1.16 bits per heavy atom. The van der Waals surface area contributed by atoms with Gasteiger partial charge < -0.3 is 15.6 Å². The number of hydrogen-bond acceptors (Lipinski definition) is 5. The lowest BCUT2D eigenvalue weighted by molar-refractivity contribution is 0.295. The van der Waals surface area contributed by atoms with Crippen LogP contribution < -0.4 is 10.5 Å². The fourth-order valence-corrected chi connectivity index (χ4v) is 1.70. The molecule has 0 saturated carbocycles. The number of hydrogen-bond donors (Lipinski definition) is 2. The Kier molecular flexibility index (Phi) is 2.68. The van der Waals surface area contributed by atoms with E-state index in [1.165, 1.54) is 0 Å². The summed E-state index contributed by atoms with van der Waals surface area (Å²) >= 11 is 0. The van der Waals surface area contributed by atoms with E-state index in [-0.39, 0.29) is 12.4 Å². The zero-order chi connectivity index (χ0) is 13.2. The van der Waals surface area contributed by atoms with Gasteiger partial charge in [-0.1, -0.05) is 0 Å². The molecule has 0 aliphatic rings. The normalized spacial score (nSPS) is 10.7. The molecule has 0 amide bonds. The van der Waals surface area contributed by atoms with Gasteiger partial charge in [0.2, 0.25) is 0 Å². The number of pyridine rings is 1. The van der Waals surface area contributed by atoms with Crippen LogP contribution in [0.25, 0.3) is 5.65 Å². The molecule has 6 nitrogen and oxygen atoms in total. The molecule has 3 rings (SSSR count). The first-order valence-corrected chi connectivity index (χ1v) is 5.73. The second kappa shape index (κ2) is 4.49. The molecule has 0 bridgehead atoms. The van der Waals surface area contributed by atoms with Gasteiger partial charge in [0.25, 0.3) is 0 Å². The predicted octanol–water partition coefficient (Wildman–Crippen LogP) is 1.60. The molecular formula is C13H12N4O2. The number of anilines is 1. The van der Waals surface area contributed by atoms with Gasteiger partial charge in [0.15, 0.2) is 11.5 Å². The number of aromatic nitrogens is 3. The molecule has 0 atom stereocenters. The fourth-order valence-electron chi connectivity index (χ4n) is 1.70. The van der Waals surface area contributed by atoms with Crippen LogP contribution in [-0.4, -0.2) is 19.7 Å². The van der Waals surface area contributed by atoms with Crippen molar-refractivity contribution in [1.29, 1.82) is 0 Å². The van der Waals surface area contributed by atoms with Crippen LogP contribution in [0.2, 0.25) is 0 Å². The maximum absolute atomic E-state index is 9.17. The molecule has 0 saturated heterocycles. The van der Waals surface area contributed by atoms with Crippen molar-refractivity contribution in [3.05, 3.63) is 48.4 Å². The Morgan fingerprint density at radius 3 is 2.74 bits per heavy atom. The molecule has 0 aliphatic heterocycles. The summed E-state index contributed by atoms with van der Waals surface area (Å²) in [6.07, 6.45) is 1.70. The molecular weight excluding hydrogens is 244 g/mol. The number of nitrogens with two attached hydrogens (primary N) is 1. The van der Waals surface area contributed by atoms with E-state index in [1.54, 1.807) is 47.1 Å². The number of ether oxygens (including phenoxy) is 1. The van der Waals surface area contributed by atoms with E-state index >= 15 is 0 Å². The number of aromatic hydroxyl groups is 1. The van der Waals surface area contributed by atoms with Gasteiger partial charge >= 0.3 is 0 Å². The molecule has 0 spiro atoms. The van der Waals surface area contributed by atoms with Crippen molar-refractivity contribution in [2.24, 2.45) is 0 Å². The molecule has 2 aromatic heterocycles. The molecule has 2 heterocycles. The van der Waals surface area contributed by atoms with Gasteiger partial charge in [-0.15, -0.1) is 5.10 Å². The lowest BCUT2D eigenvalue weighted by Crippen LogP contribution is -1.98. The van der Waals surface area contributed by atoms with E-state index in [1.807, 2.05) is 0 Å². The highest BCUT2D eigenvalue weighted by molar-refractivity contribution is 5.46. The molecule has 0 fully saturated rings. The Hall–Kier alpha value is -2.76. The third kappa shape index (κ3) is 2.42. The second-order valence-corrected chi connectivity index (χ2v) is 4.08. The molecule has 19 heavy (non-hydrogen) atoms. The van der Waals surface area contributed by atoms with Crippen LogP contribution in [0.1, 0.15) is 5.82 Å². The summed E-state index contributed by atoms with van der Waals surface area (Å²) in [5.41, 5.74) is 7.02. The van der Waals surface area contributed by atoms with Crippen molar-refractivity contribution in [3.63, 3.8) is 0 Å². The molecule has 96 valence electrons. The van der Waals surface area contributed by atoms with E-state index in [2.05, 4.69) is 10.1 Å². The molecule has 1 aromatic carbocycles. The lowest BCUT2D eigenvalue weighted by atomic mass is 10.3. The number of benzene rings is 1. The summed E-state index contributed by atoms with van der Waals surface area (Å²) in [7, 11) is 0. The van der Waals surface area contributed by atoms with Gasteiger partial charge in [0, 0.05) is 0 Å². The Labute approximate surface area is 109 Å². The van der Waals surface area contributed by atoms with Crippen molar-refractivity contribution < 1.29 is 9.84 Å². The maximum Gasteiger partial charge on any atom is 0.189 e. The van der Waals surface area contributed by atoms with Crippen LogP contribution in [0.3, 0.4) is 0 Å². The first-order valence-electron chi connectivity index (χ1n) is 5.73. The minimum atomic E-state index is 0.202. The van der Waals surface area contributed by atoms with E-state index in [4.69, 9.17) is 15.6 Å². The number of rotatable bonds is 3. The zero-order valence-electron chi connectivity index (χ0n) is 10.0.